The van der Waals surface area contributed by atoms with Gasteiger partial charge in [-0.25, -0.2) is 4.98 Å². The maximum absolute atomic E-state index is 8.63. The second-order valence-corrected chi connectivity index (χ2v) is 9.32. The lowest BCUT2D eigenvalue weighted by Crippen LogP contribution is -2.16. The predicted molar refractivity (Wildman–Crippen MR) is 64.2 cm³/mol. The number of hydrogen-bond donors (Lipinski definition) is 0. The van der Waals surface area contributed by atoms with Crippen molar-refractivity contribution in [1.82, 2.24) is 4.98 Å². The molecule has 0 aliphatic carbocycles. The predicted octanol–water partition coefficient (Wildman–Crippen LogP) is 2.84. The smallest absolute Gasteiger partial charge is 0.131 e. The highest BCUT2D eigenvalue weighted by Gasteiger charge is 2.08. The molecule has 4 heteroatoms. The molecule has 0 amide bonds. The Balaban J connectivity index is 3.07. The van der Waals surface area contributed by atoms with Gasteiger partial charge in [0.05, 0.1) is 10.6 Å². The molecule has 76 valence electrons. The van der Waals surface area contributed by atoms with E-state index in [0.29, 0.717) is 16.3 Å². The number of pyridine rings is 1. The van der Waals surface area contributed by atoms with Gasteiger partial charge in [-0.05, 0) is 6.07 Å². The van der Waals surface area contributed by atoms with Crippen LogP contribution in [0.1, 0.15) is 11.3 Å². The molecule has 0 spiro atoms. The minimum atomic E-state index is -1.41. The first-order valence-corrected chi connectivity index (χ1v) is 8.39. The Bertz CT molecular complexity index is 472. The van der Waals surface area contributed by atoms with Crippen LogP contribution >= 0.6 is 11.6 Å². The number of aromatic nitrogens is 1. The lowest BCUT2D eigenvalue weighted by molar-refractivity contribution is 1.27. The van der Waals surface area contributed by atoms with E-state index < -0.39 is 8.07 Å². The molecular formula is C11H11ClN2Si. The van der Waals surface area contributed by atoms with E-state index in [0.717, 1.165) is 0 Å². The maximum Gasteiger partial charge on any atom is 0.131 e. The van der Waals surface area contributed by atoms with Crippen LogP contribution in [0, 0.1) is 22.8 Å². The summed E-state index contributed by atoms with van der Waals surface area (Å²) >= 11 is 5.94. The second-order valence-electron chi connectivity index (χ2n) is 4.17. The van der Waals surface area contributed by atoms with Crippen LogP contribution in [0.5, 0.6) is 0 Å². The van der Waals surface area contributed by atoms with Crippen LogP contribution in [0.25, 0.3) is 0 Å². The van der Waals surface area contributed by atoms with Crippen molar-refractivity contribution >= 4 is 19.7 Å². The first kappa shape index (κ1) is 11.8. The summed E-state index contributed by atoms with van der Waals surface area (Å²) in [7, 11) is -1.41. The highest BCUT2D eigenvalue weighted by Crippen LogP contribution is 2.13. The van der Waals surface area contributed by atoms with Crippen LogP contribution in [0.2, 0.25) is 24.7 Å². The highest BCUT2D eigenvalue weighted by molar-refractivity contribution is 6.83. The van der Waals surface area contributed by atoms with E-state index in [1.54, 1.807) is 6.07 Å². The number of nitriles is 1. The van der Waals surface area contributed by atoms with Gasteiger partial charge in [-0.3, -0.25) is 0 Å². The summed E-state index contributed by atoms with van der Waals surface area (Å²) in [6.07, 6.45) is 1.49. The number of halogens is 1. The van der Waals surface area contributed by atoms with Crippen LogP contribution in [-0.4, -0.2) is 13.1 Å². The molecular weight excluding hydrogens is 224 g/mol. The number of nitrogens with zero attached hydrogens (tertiary/aromatic N) is 2. The molecule has 0 atom stereocenters. The Morgan fingerprint density at radius 3 is 2.53 bits per heavy atom. The van der Waals surface area contributed by atoms with E-state index in [1.807, 2.05) is 6.07 Å². The molecule has 0 saturated carbocycles. The average molecular weight is 235 g/mol. The molecule has 2 nitrogen and oxygen atoms in total. The third-order valence-electron chi connectivity index (χ3n) is 1.53. The minimum absolute atomic E-state index is 0.444. The summed E-state index contributed by atoms with van der Waals surface area (Å²) in [5.74, 6) is 2.96. The van der Waals surface area contributed by atoms with Crippen molar-refractivity contribution in [1.29, 1.82) is 5.26 Å². The van der Waals surface area contributed by atoms with E-state index in [1.165, 1.54) is 6.20 Å². The van der Waals surface area contributed by atoms with Crippen molar-refractivity contribution in [2.45, 2.75) is 19.6 Å². The largest absolute Gasteiger partial charge is 0.245 e. The summed E-state index contributed by atoms with van der Waals surface area (Å²) in [5.41, 5.74) is 4.19. The molecule has 1 aromatic rings. The molecule has 0 fully saturated rings. The number of hydrogen-bond acceptors (Lipinski definition) is 2. The Kier molecular flexibility index (Phi) is 3.52. The van der Waals surface area contributed by atoms with Crippen molar-refractivity contribution < 1.29 is 0 Å². The first-order chi connectivity index (χ1) is 6.92. The molecule has 0 radical (unpaired) electrons. The fraction of sp³-hybridized carbons (Fsp3) is 0.273. The van der Waals surface area contributed by atoms with Crippen LogP contribution in [-0.2, 0) is 0 Å². The molecule has 0 aromatic carbocycles. The SMILES string of the molecule is C[Si](C)(C)C#Cc1ncc(C#N)cc1Cl. The summed E-state index contributed by atoms with van der Waals surface area (Å²) in [6, 6.07) is 3.57. The Hall–Kier alpha value is -1.29. The standard InChI is InChI=1S/C11H11ClN2Si/c1-15(2,3)5-4-11-10(12)6-9(7-13)8-14-11/h6,8H,1-3H3. The van der Waals surface area contributed by atoms with E-state index in [4.69, 9.17) is 16.9 Å². The van der Waals surface area contributed by atoms with E-state index in [2.05, 4.69) is 36.1 Å². The molecule has 0 saturated heterocycles. The van der Waals surface area contributed by atoms with Crippen molar-refractivity contribution in [3.05, 3.63) is 28.5 Å². The van der Waals surface area contributed by atoms with Crippen molar-refractivity contribution in [3.8, 4) is 17.5 Å². The molecule has 0 aliphatic heterocycles. The van der Waals surface area contributed by atoms with Gasteiger partial charge >= 0.3 is 0 Å². The zero-order valence-electron chi connectivity index (χ0n) is 8.93. The van der Waals surface area contributed by atoms with Crippen molar-refractivity contribution in [2.75, 3.05) is 0 Å². The Morgan fingerprint density at radius 2 is 2.07 bits per heavy atom. The van der Waals surface area contributed by atoms with Crippen LogP contribution in [0.15, 0.2) is 12.3 Å². The van der Waals surface area contributed by atoms with Gasteiger partial charge < -0.3 is 0 Å². The molecule has 0 bridgehead atoms. The summed E-state index contributed by atoms with van der Waals surface area (Å²) in [5, 5.41) is 9.08. The molecule has 0 N–H and O–H groups in total. The molecule has 1 rings (SSSR count). The summed E-state index contributed by atoms with van der Waals surface area (Å²) in [4.78, 5) is 4.05. The molecule has 0 aliphatic rings. The normalized spacial score (nSPS) is 10.1. The monoisotopic (exact) mass is 234 g/mol. The Labute approximate surface area is 95.9 Å². The lowest BCUT2D eigenvalue weighted by atomic mass is 10.3. The van der Waals surface area contributed by atoms with Gasteiger partial charge in [0.25, 0.3) is 0 Å². The quantitative estimate of drug-likeness (QED) is 0.511. The summed E-state index contributed by atoms with van der Waals surface area (Å²) in [6.45, 7) is 6.45. The van der Waals surface area contributed by atoms with E-state index in [-0.39, 0.29) is 0 Å². The zero-order chi connectivity index (χ0) is 11.5. The minimum Gasteiger partial charge on any atom is -0.245 e. The van der Waals surface area contributed by atoms with Crippen molar-refractivity contribution in [2.24, 2.45) is 0 Å². The number of rotatable bonds is 0. The molecule has 0 unspecified atom stereocenters. The van der Waals surface area contributed by atoms with Gasteiger partial charge in [-0.2, -0.15) is 5.26 Å². The first-order valence-electron chi connectivity index (χ1n) is 4.51. The van der Waals surface area contributed by atoms with Gasteiger partial charge in [-0.1, -0.05) is 37.2 Å². The van der Waals surface area contributed by atoms with Crippen LogP contribution in [0.4, 0.5) is 0 Å². The van der Waals surface area contributed by atoms with E-state index in [9.17, 15) is 0 Å². The van der Waals surface area contributed by atoms with Crippen molar-refractivity contribution in [3.63, 3.8) is 0 Å². The fourth-order valence-corrected chi connectivity index (χ4v) is 1.54. The van der Waals surface area contributed by atoms with E-state index >= 15 is 0 Å². The van der Waals surface area contributed by atoms with Crippen LogP contribution in [0.3, 0.4) is 0 Å². The van der Waals surface area contributed by atoms with Gasteiger partial charge in [-0.15, -0.1) is 5.54 Å². The van der Waals surface area contributed by atoms with Gasteiger partial charge in [0, 0.05) is 6.20 Å². The lowest BCUT2D eigenvalue weighted by Gasteiger charge is -2.03. The summed E-state index contributed by atoms with van der Waals surface area (Å²) < 4.78 is 0. The molecule has 15 heavy (non-hydrogen) atoms. The molecule has 1 aromatic heterocycles. The average Bonchev–Trinajstić information content (AvgIpc) is 2.14. The fourth-order valence-electron chi connectivity index (χ4n) is 0.838. The maximum atomic E-state index is 8.63. The topological polar surface area (TPSA) is 36.7 Å². The van der Waals surface area contributed by atoms with Crippen LogP contribution < -0.4 is 0 Å². The molecule has 1 heterocycles. The third kappa shape index (κ3) is 3.75. The third-order valence-corrected chi connectivity index (χ3v) is 2.69. The Morgan fingerprint density at radius 1 is 1.40 bits per heavy atom. The van der Waals surface area contributed by atoms with Gasteiger partial charge in [0.1, 0.15) is 19.8 Å². The highest BCUT2D eigenvalue weighted by atomic mass is 35.5. The zero-order valence-corrected chi connectivity index (χ0v) is 10.7. The van der Waals surface area contributed by atoms with Gasteiger partial charge in [0.2, 0.25) is 0 Å². The second kappa shape index (κ2) is 4.48. The van der Waals surface area contributed by atoms with Gasteiger partial charge in [0.15, 0.2) is 0 Å².